The van der Waals surface area contributed by atoms with Crippen molar-refractivity contribution in [3.8, 4) is 0 Å². The van der Waals surface area contributed by atoms with Crippen molar-refractivity contribution in [2.24, 2.45) is 29.1 Å². The summed E-state index contributed by atoms with van der Waals surface area (Å²) in [5.41, 5.74) is -0.155. The van der Waals surface area contributed by atoms with Gasteiger partial charge in [0.1, 0.15) is 12.1 Å². The molecule has 2 fully saturated rings. The van der Waals surface area contributed by atoms with Gasteiger partial charge in [-0.1, -0.05) is 79.1 Å². The molecule has 204 valence electrons. The van der Waals surface area contributed by atoms with Crippen LogP contribution in [0.4, 0.5) is 0 Å². The molecule has 5 nitrogen and oxygen atoms in total. The van der Waals surface area contributed by atoms with E-state index >= 15 is 0 Å². The Labute approximate surface area is 221 Å². The monoisotopic (exact) mass is 542 g/mol. The molecule has 0 bridgehead atoms. The fourth-order valence-electron chi connectivity index (χ4n) is 5.81. The van der Waals surface area contributed by atoms with Crippen LogP contribution in [-0.4, -0.2) is 57.7 Å². The zero-order valence-corrected chi connectivity index (χ0v) is 27.9. The molecule has 0 aliphatic heterocycles. The van der Waals surface area contributed by atoms with Crippen LogP contribution in [0.3, 0.4) is 0 Å². The fraction of sp³-hybridized carbons (Fsp3) is 0.889. The van der Waals surface area contributed by atoms with E-state index in [2.05, 4.69) is 73.0 Å². The second kappa shape index (κ2) is 13.1. The van der Waals surface area contributed by atoms with Crippen LogP contribution < -0.4 is 0 Å². The average Bonchev–Trinajstić information content (AvgIpc) is 3.06. The number of carbonyl (C=O) groups is 1. The van der Waals surface area contributed by atoms with Crippen LogP contribution in [0.5, 0.6) is 0 Å². The number of hydrogen-bond donors (Lipinski definition) is 1. The number of rotatable bonds is 12. The smallest absolute Gasteiger partial charge is 0.192 e. The first-order chi connectivity index (χ1) is 16.3. The quantitative estimate of drug-likeness (QED) is 0.214. The third-order valence-corrected chi connectivity index (χ3v) is 14.7. The second-order valence-corrected chi connectivity index (χ2v) is 19.4. The summed E-state index contributed by atoms with van der Waals surface area (Å²) in [6, 6.07) is 0. The van der Waals surface area contributed by atoms with Crippen LogP contribution >= 0.6 is 0 Å². The van der Waals surface area contributed by atoms with Gasteiger partial charge in [0.05, 0.1) is 12.7 Å². The maximum Gasteiger partial charge on any atom is 0.192 e. The van der Waals surface area contributed by atoms with E-state index in [0.29, 0.717) is 18.3 Å². The topological polar surface area (TPSA) is 65.0 Å². The van der Waals surface area contributed by atoms with Crippen LogP contribution in [0, 0.1) is 29.1 Å². The van der Waals surface area contributed by atoms with Gasteiger partial charge in [0.25, 0.3) is 0 Å². The lowest BCUT2D eigenvalue weighted by atomic mass is 9.66. The van der Waals surface area contributed by atoms with Gasteiger partial charge in [0, 0.05) is 23.7 Å². The molecule has 2 rings (SSSR count). The number of allylic oxidation sites excluding steroid dienone is 1. The highest BCUT2D eigenvalue weighted by molar-refractivity contribution is 6.74. The lowest BCUT2D eigenvalue weighted by Gasteiger charge is -2.44. The van der Waals surface area contributed by atoms with E-state index < -0.39 is 27.8 Å². The van der Waals surface area contributed by atoms with E-state index in [-0.39, 0.29) is 47.1 Å². The highest BCUT2D eigenvalue weighted by Gasteiger charge is 2.48. The van der Waals surface area contributed by atoms with E-state index in [1.807, 2.05) is 0 Å². The number of aliphatic hydroxyl groups excluding tert-OH is 1. The molecule has 1 N–H and O–H groups in total. The highest BCUT2D eigenvalue weighted by atomic mass is 28.4. The van der Waals surface area contributed by atoms with E-state index in [1.54, 1.807) is 0 Å². The number of Topliss-reactive ketones (excluding diaryl/α,β-unsaturated/α-hetero) is 1. The Balaban J connectivity index is 2.40. The summed E-state index contributed by atoms with van der Waals surface area (Å²) in [4.78, 5) is 12.9. The Kier molecular flexibility index (Phi) is 11.7. The summed E-state index contributed by atoms with van der Waals surface area (Å²) in [7, 11) is -3.25. The summed E-state index contributed by atoms with van der Waals surface area (Å²) in [5, 5.41) is 10.2. The number of aliphatic hydroxyl groups is 1. The largest absolute Gasteiger partial charge is 0.413 e. The zero-order valence-electron chi connectivity index (χ0n) is 24.1. The number of ketones is 1. The van der Waals surface area contributed by atoms with Gasteiger partial charge < -0.3 is 18.4 Å². The molecule has 0 spiro atoms. The molecule has 2 saturated carbocycles. The van der Waals surface area contributed by atoms with Gasteiger partial charge in [-0.15, -0.1) is 0 Å². The van der Waals surface area contributed by atoms with Crippen LogP contribution in [0.25, 0.3) is 0 Å². The van der Waals surface area contributed by atoms with Gasteiger partial charge in [0.15, 0.2) is 27.8 Å². The molecular weight excluding hydrogens is 489 g/mol. The molecule has 0 radical (unpaired) electrons. The normalized spacial score (nSPS) is 27.7. The van der Waals surface area contributed by atoms with E-state index in [4.69, 9.17) is 13.3 Å². The minimum Gasteiger partial charge on any atom is -0.413 e. The second-order valence-electron chi connectivity index (χ2n) is 12.8. The van der Waals surface area contributed by atoms with Crippen molar-refractivity contribution in [3.63, 3.8) is 0 Å². The van der Waals surface area contributed by atoms with Crippen molar-refractivity contribution in [3.05, 3.63) is 12.2 Å². The standard InChI is InChI=1S/C27H54O5Si3/c1-26(2,3)35(8,9)32-24-17-23(29)21(18-28)20(24)15-16-22(19-13-11-10-12-14-19)27(4,5)25(30-33-6)31-34-7/h15-16,19-22,24-25,28H,10-14,17-18,33-34H2,1-9H3/t20?,21?,22-,24?/m1/s1. The first-order valence-corrected chi connectivity index (χ1v) is 20.9. The van der Waals surface area contributed by atoms with E-state index in [1.165, 1.54) is 32.1 Å². The van der Waals surface area contributed by atoms with Gasteiger partial charge in [-0.3, -0.25) is 4.79 Å². The summed E-state index contributed by atoms with van der Waals surface area (Å²) in [5.74, 6) is 0.580. The van der Waals surface area contributed by atoms with Gasteiger partial charge in [-0.2, -0.15) is 0 Å². The molecule has 0 aromatic rings. The summed E-state index contributed by atoms with van der Waals surface area (Å²) in [6.07, 6.45) is 11.0. The molecule has 3 unspecified atom stereocenters. The van der Waals surface area contributed by atoms with Crippen molar-refractivity contribution in [1.29, 1.82) is 0 Å². The lowest BCUT2D eigenvalue weighted by Crippen LogP contribution is -2.45. The molecule has 0 heterocycles. The summed E-state index contributed by atoms with van der Waals surface area (Å²) in [6.45, 7) is 20.1. The molecule has 0 saturated heterocycles. The molecular formula is C27H54O5Si3. The molecule has 0 aromatic carbocycles. The number of hydrogen-bond acceptors (Lipinski definition) is 5. The Bertz CT molecular complexity index is 691. The third-order valence-electron chi connectivity index (χ3n) is 8.96. The Morgan fingerprint density at radius 2 is 1.63 bits per heavy atom. The van der Waals surface area contributed by atoms with E-state index in [9.17, 15) is 9.90 Å². The zero-order chi connectivity index (χ0) is 26.4. The van der Waals surface area contributed by atoms with Crippen molar-refractivity contribution >= 4 is 33.6 Å². The van der Waals surface area contributed by atoms with Crippen LogP contribution in [-0.2, 0) is 18.1 Å². The summed E-state index contributed by atoms with van der Waals surface area (Å²) < 4.78 is 19.3. The molecule has 2 aliphatic carbocycles. The predicted octanol–water partition coefficient (Wildman–Crippen LogP) is 4.98. The molecule has 4 atom stereocenters. The van der Waals surface area contributed by atoms with E-state index in [0.717, 1.165) is 0 Å². The SMILES string of the molecule is C[SiH2]OC(O[SiH2]C)C(C)(C)[C@H](C=CC1C(O[Si](C)(C)C(C)(C)C)CC(=O)C1CO)C1CCCCC1. The maximum atomic E-state index is 12.9. The third kappa shape index (κ3) is 7.71. The Morgan fingerprint density at radius 1 is 1.06 bits per heavy atom. The maximum absolute atomic E-state index is 12.9. The fourth-order valence-corrected chi connectivity index (χ4v) is 9.01. The van der Waals surface area contributed by atoms with Crippen LogP contribution in [0.1, 0.15) is 73.1 Å². The van der Waals surface area contributed by atoms with Crippen LogP contribution in [0.2, 0.25) is 31.2 Å². The Morgan fingerprint density at radius 3 is 2.11 bits per heavy atom. The lowest BCUT2D eigenvalue weighted by molar-refractivity contribution is -0.122. The van der Waals surface area contributed by atoms with Crippen molar-refractivity contribution in [2.45, 2.75) is 117 Å². The minimum absolute atomic E-state index is 0.0736. The Hall–Kier alpha value is -0.0994. The van der Waals surface area contributed by atoms with Crippen molar-refractivity contribution in [2.75, 3.05) is 6.61 Å². The highest BCUT2D eigenvalue weighted by Crippen LogP contribution is 2.46. The molecule has 8 heteroatoms. The first-order valence-electron chi connectivity index (χ1n) is 14.0. The van der Waals surface area contributed by atoms with Crippen molar-refractivity contribution in [1.82, 2.24) is 0 Å². The molecule has 0 aromatic heterocycles. The molecule has 2 aliphatic rings. The number of carbonyl (C=O) groups excluding carboxylic acids is 1. The average molecular weight is 543 g/mol. The van der Waals surface area contributed by atoms with Gasteiger partial charge in [-0.25, -0.2) is 0 Å². The van der Waals surface area contributed by atoms with Crippen molar-refractivity contribution < 1.29 is 23.2 Å². The van der Waals surface area contributed by atoms with Gasteiger partial charge in [-0.05, 0) is 42.8 Å². The minimum atomic E-state index is -2.05. The van der Waals surface area contributed by atoms with Gasteiger partial charge >= 0.3 is 0 Å². The molecule has 0 amide bonds. The van der Waals surface area contributed by atoms with Gasteiger partial charge in [0.2, 0.25) is 0 Å². The van der Waals surface area contributed by atoms with Crippen LogP contribution in [0.15, 0.2) is 12.2 Å². The first kappa shape index (κ1) is 31.1. The molecule has 35 heavy (non-hydrogen) atoms. The summed E-state index contributed by atoms with van der Waals surface area (Å²) >= 11 is 0. The predicted molar refractivity (Wildman–Crippen MR) is 154 cm³/mol.